The second-order valence-electron chi connectivity index (χ2n) is 3.86. The van der Waals surface area contributed by atoms with Crippen molar-refractivity contribution in [3.05, 3.63) is 0 Å². The van der Waals surface area contributed by atoms with E-state index in [4.69, 9.17) is 4.74 Å². The number of methoxy groups -OCH3 is 1. The monoisotopic (exact) mass is 258 g/mol. The first-order valence-electron chi connectivity index (χ1n) is 5.82. The molecule has 1 rings (SSSR count). The number of nitrogens with one attached hydrogen (secondary N) is 1. The van der Waals surface area contributed by atoms with Crippen molar-refractivity contribution in [1.29, 1.82) is 0 Å². The van der Waals surface area contributed by atoms with Gasteiger partial charge in [0.05, 0.1) is 20.1 Å². The maximum absolute atomic E-state index is 11.4. The molecule has 0 saturated carbocycles. The summed E-state index contributed by atoms with van der Waals surface area (Å²) in [5.74, 6) is -0.695. The Morgan fingerprint density at radius 3 is 2.89 bits per heavy atom. The van der Waals surface area contributed by atoms with E-state index in [0.717, 1.165) is 0 Å². The van der Waals surface area contributed by atoms with Gasteiger partial charge in [-0.05, 0) is 0 Å². The van der Waals surface area contributed by atoms with Gasteiger partial charge >= 0.3 is 5.97 Å². The van der Waals surface area contributed by atoms with Crippen LogP contribution in [0.15, 0.2) is 0 Å². The van der Waals surface area contributed by atoms with Crippen molar-refractivity contribution in [2.75, 3.05) is 40.0 Å². The number of hydrogen-bond donors (Lipinski definition) is 1. The van der Waals surface area contributed by atoms with Crippen molar-refractivity contribution in [3.8, 4) is 0 Å². The van der Waals surface area contributed by atoms with E-state index in [2.05, 4.69) is 10.1 Å². The zero-order valence-electron chi connectivity index (χ0n) is 10.4. The highest BCUT2D eigenvalue weighted by Crippen LogP contribution is 1.97. The molecule has 2 amide bonds. The summed E-state index contributed by atoms with van der Waals surface area (Å²) >= 11 is 0. The summed E-state index contributed by atoms with van der Waals surface area (Å²) in [6, 6.07) is 0. The van der Waals surface area contributed by atoms with Crippen molar-refractivity contribution < 1.29 is 23.9 Å². The SMILES string of the molecule is COC(=O)CCC(=O)NCCN1CCOCC1=O. The fraction of sp³-hybridized carbons (Fsp3) is 0.727. The number of carbonyl (C=O) groups excluding carboxylic acids is 3. The zero-order chi connectivity index (χ0) is 13.4. The van der Waals surface area contributed by atoms with E-state index in [1.807, 2.05) is 0 Å². The average Bonchev–Trinajstić information content (AvgIpc) is 2.38. The van der Waals surface area contributed by atoms with Gasteiger partial charge < -0.3 is 19.7 Å². The predicted octanol–water partition coefficient (Wildman–Crippen LogP) is -1.09. The zero-order valence-corrected chi connectivity index (χ0v) is 10.4. The van der Waals surface area contributed by atoms with Gasteiger partial charge in [-0.25, -0.2) is 0 Å². The molecule has 7 nitrogen and oxygen atoms in total. The van der Waals surface area contributed by atoms with Crippen molar-refractivity contribution in [2.45, 2.75) is 12.8 Å². The Kier molecular flexibility index (Phi) is 6.13. The summed E-state index contributed by atoms with van der Waals surface area (Å²) in [4.78, 5) is 35.1. The minimum absolute atomic E-state index is 0.0648. The molecular formula is C11H18N2O5. The summed E-state index contributed by atoms with van der Waals surface area (Å²) in [5.41, 5.74) is 0. The quantitative estimate of drug-likeness (QED) is 0.612. The van der Waals surface area contributed by atoms with E-state index < -0.39 is 5.97 Å². The molecule has 1 saturated heterocycles. The largest absolute Gasteiger partial charge is 0.469 e. The molecule has 0 aliphatic carbocycles. The van der Waals surface area contributed by atoms with E-state index in [9.17, 15) is 14.4 Å². The van der Waals surface area contributed by atoms with Gasteiger partial charge in [0.2, 0.25) is 11.8 Å². The summed E-state index contributed by atoms with van der Waals surface area (Å²) in [6.45, 7) is 2.03. The third kappa shape index (κ3) is 5.13. The molecule has 1 fully saturated rings. The van der Waals surface area contributed by atoms with Crippen LogP contribution in [0.2, 0.25) is 0 Å². The first-order chi connectivity index (χ1) is 8.63. The molecule has 1 aliphatic heterocycles. The lowest BCUT2D eigenvalue weighted by molar-refractivity contribution is -0.142. The Bertz CT molecular complexity index is 319. The average molecular weight is 258 g/mol. The summed E-state index contributed by atoms with van der Waals surface area (Å²) in [5, 5.41) is 2.65. The maximum atomic E-state index is 11.4. The van der Waals surface area contributed by atoms with E-state index in [-0.39, 0.29) is 31.3 Å². The molecule has 0 aromatic carbocycles. The van der Waals surface area contributed by atoms with Crippen molar-refractivity contribution in [2.24, 2.45) is 0 Å². The van der Waals surface area contributed by atoms with Gasteiger partial charge in [-0.3, -0.25) is 14.4 Å². The smallest absolute Gasteiger partial charge is 0.306 e. The van der Waals surface area contributed by atoms with Gasteiger partial charge in [-0.15, -0.1) is 0 Å². The molecule has 0 atom stereocenters. The number of ether oxygens (including phenoxy) is 2. The second kappa shape index (κ2) is 7.65. The van der Waals surface area contributed by atoms with Crippen molar-refractivity contribution >= 4 is 17.8 Å². The Morgan fingerprint density at radius 2 is 2.22 bits per heavy atom. The highest BCUT2D eigenvalue weighted by molar-refractivity contribution is 5.81. The van der Waals surface area contributed by atoms with E-state index in [1.165, 1.54) is 7.11 Å². The number of esters is 1. The predicted molar refractivity (Wildman–Crippen MR) is 61.7 cm³/mol. The lowest BCUT2D eigenvalue weighted by Gasteiger charge is -2.26. The third-order valence-corrected chi connectivity index (χ3v) is 2.57. The molecule has 18 heavy (non-hydrogen) atoms. The van der Waals surface area contributed by atoms with Crippen LogP contribution in [0.25, 0.3) is 0 Å². The number of rotatable bonds is 6. The van der Waals surface area contributed by atoms with Crippen LogP contribution in [0.3, 0.4) is 0 Å². The number of amides is 2. The summed E-state index contributed by atoms with van der Waals surface area (Å²) in [6.07, 6.45) is 0.169. The maximum Gasteiger partial charge on any atom is 0.306 e. The molecule has 7 heteroatoms. The molecule has 0 radical (unpaired) electrons. The minimum atomic E-state index is -0.409. The molecule has 0 aromatic rings. The van der Waals surface area contributed by atoms with E-state index in [1.54, 1.807) is 4.90 Å². The van der Waals surface area contributed by atoms with E-state index >= 15 is 0 Å². The topological polar surface area (TPSA) is 84.9 Å². The second-order valence-corrected chi connectivity index (χ2v) is 3.86. The van der Waals surface area contributed by atoms with Gasteiger partial charge in [0, 0.05) is 26.1 Å². The molecule has 1 aliphatic rings. The van der Waals surface area contributed by atoms with E-state index in [0.29, 0.717) is 26.2 Å². The fourth-order valence-electron chi connectivity index (χ4n) is 1.52. The van der Waals surface area contributed by atoms with Gasteiger partial charge in [-0.2, -0.15) is 0 Å². The van der Waals surface area contributed by atoms with Crippen molar-refractivity contribution in [1.82, 2.24) is 10.2 Å². The van der Waals surface area contributed by atoms with Gasteiger partial charge in [0.1, 0.15) is 6.61 Å². The van der Waals surface area contributed by atoms with Crippen LogP contribution in [-0.4, -0.2) is 62.6 Å². The fourth-order valence-corrected chi connectivity index (χ4v) is 1.52. The first kappa shape index (κ1) is 14.4. The van der Waals surface area contributed by atoms with Crippen molar-refractivity contribution in [3.63, 3.8) is 0 Å². The lowest BCUT2D eigenvalue weighted by Crippen LogP contribution is -2.45. The molecule has 1 heterocycles. The molecule has 102 valence electrons. The van der Waals surface area contributed by atoms with Crippen LogP contribution in [0.4, 0.5) is 0 Å². The van der Waals surface area contributed by atoms with Crippen LogP contribution in [-0.2, 0) is 23.9 Å². The number of carbonyl (C=O) groups is 3. The van der Waals surface area contributed by atoms with Crippen LogP contribution < -0.4 is 5.32 Å². The minimum Gasteiger partial charge on any atom is -0.469 e. The Labute approximate surface area is 105 Å². The highest BCUT2D eigenvalue weighted by Gasteiger charge is 2.17. The van der Waals surface area contributed by atoms with Crippen LogP contribution in [0, 0.1) is 0 Å². The summed E-state index contributed by atoms with van der Waals surface area (Å²) < 4.78 is 9.42. The number of morpholine rings is 1. The van der Waals surface area contributed by atoms with Gasteiger partial charge in [0.15, 0.2) is 0 Å². The Hall–Kier alpha value is -1.63. The molecular weight excluding hydrogens is 240 g/mol. The molecule has 0 bridgehead atoms. The molecule has 0 spiro atoms. The Balaban J connectivity index is 2.11. The molecule has 0 unspecified atom stereocenters. The van der Waals surface area contributed by atoms with Crippen LogP contribution in [0.5, 0.6) is 0 Å². The van der Waals surface area contributed by atoms with Crippen LogP contribution >= 0.6 is 0 Å². The normalized spacial score (nSPS) is 15.4. The number of nitrogens with zero attached hydrogens (tertiary/aromatic N) is 1. The lowest BCUT2D eigenvalue weighted by atomic mass is 10.3. The van der Waals surface area contributed by atoms with Gasteiger partial charge in [0.25, 0.3) is 0 Å². The van der Waals surface area contributed by atoms with Gasteiger partial charge in [-0.1, -0.05) is 0 Å². The Morgan fingerprint density at radius 1 is 1.44 bits per heavy atom. The molecule has 1 N–H and O–H groups in total. The highest BCUT2D eigenvalue weighted by atomic mass is 16.5. The third-order valence-electron chi connectivity index (χ3n) is 2.57. The molecule has 0 aromatic heterocycles. The summed E-state index contributed by atoms with van der Waals surface area (Å²) in [7, 11) is 1.28. The number of hydrogen-bond acceptors (Lipinski definition) is 5. The van der Waals surface area contributed by atoms with Crippen LogP contribution in [0.1, 0.15) is 12.8 Å². The standard InChI is InChI=1S/C11H18N2O5/c1-17-11(16)3-2-9(14)12-4-5-13-6-7-18-8-10(13)15/h2-8H2,1H3,(H,12,14). The first-order valence-corrected chi connectivity index (χ1v) is 5.82.